The van der Waals surface area contributed by atoms with Gasteiger partial charge in [0.05, 0.1) is 6.04 Å². The second-order valence-corrected chi connectivity index (χ2v) is 7.33. The second-order valence-electron chi connectivity index (χ2n) is 6.08. The van der Waals surface area contributed by atoms with Gasteiger partial charge < -0.3 is 9.64 Å². The van der Waals surface area contributed by atoms with Gasteiger partial charge in [0.25, 0.3) is 0 Å². The van der Waals surface area contributed by atoms with Crippen LogP contribution in [0.4, 0.5) is 4.79 Å². The van der Waals surface area contributed by atoms with Gasteiger partial charge in [-0.1, -0.05) is 43.3 Å². The molecule has 0 N–H and O–H groups in total. The SMILES string of the molecule is CCSc1ncccc1C1CCCCN1C(=O)OCc1ccccc1. The van der Waals surface area contributed by atoms with Crippen molar-refractivity contribution in [1.29, 1.82) is 0 Å². The van der Waals surface area contributed by atoms with E-state index in [0.717, 1.165) is 47.7 Å². The number of piperidine rings is 1. The molecular formula is C20H24N2O2S. The number of carbonyl (C=O) groups excluding carboxylic acids is 1. The number of carbonyl (C=O) groups is 1. The molecule has 1 aliphatic rings. The summed E-state index contributed by atoms with van der Waals surface area (Å²) >= 11 is 1.73. The first-order chi connectivity index (χ1) is 12.3. The maximum Gasteiger partial charge on any atom is 0.410 e. The highest BCUT2D eigenvalue weighted by Gasteiger charge is 2.30. The van der Waals surface area contributed by atoms with E-state index in [9.17, 15) is 4.79 Å². The van der Waals surface area contributed by atoms with Crippen LogP contribution in [0.5, 0.6) is 0 Å². The molecule has 5 heteroatoms. The number of aromatic nitrogens is 1. The fourth-order valence-electron chi connectivity index (χ4n) is 3.19. The molecule has 2 aromatic rings. The Bertz CT molecular complexity index is 693. The van der Waals surface area contributed by atoms with Crippen LogP contribution in [0.3, 0.4) is 0 Å². The molecule has 1 aliphatic heterocycles. The Morgan fingerprint density at radius 1 is 1.24 bits per heavy atom. The molecule has 3 rings (SSSR count). The third-order valence-corrected chi connectivity index (χ3v) is 5.29. The van der Waals surface area contributed by atoms with Gasteiger partial charge in [-0.2, -0.15) is 0 Å². The minimum absolute atomic E-state index is 0.0553. The van der Waals surface area contributed by atoms with Crippen molar-refractivity contribution in [3.63, 3.8) is 0 Å². The van der Waals surface area contributed by atoms with Crippen LogP contribution in [0.25, 0.3) is 0 Å². The topological polar surface area (TPSA) is 42.4 Å². The Hall–Kier alpha value is -2.01. The number of ether oxygens (including phenoxy) is 1. The predicted molar refractivity (Wildman–Crippen MR) is 101 cm³/mol. The molecule has 1 aromatic heterocycles. The van der Waals surface area contributed by atoms with Crippen molar-refractivity contribution in [2.24, 2.45) is 0 Å². The van der Waals surface area contributed by atoms with Crippen molar-refractivity contribution in [3.05, 3.63) is 59.8 Å². The summed E-state index contributed by atoms with van der Waals surface area (Å²) < 4.78 is 5.58. The molecule has 0 aliphatic carbocycles. The van der Waals surface area contributed by atoms with Crippen molar-refractivity contribution < 1.29 is 9.53 Å². The molecule has 1 saturated heterocycles. The van der Waals surface area contributed by atoms with Crippen molar-refractivity contribution in [2.75, 3.05) is 12.3 Å². The molecule has 1 aromatic carbocycles. The van der Waals surface area contributed by atoms with Crippen LogP contribution in [0.1, 0.15) is 43.4 Å². The zero-order valence-corrected chi connectivity index (χ0v) is 15.4. The van der Waals surface area contributed by atoms with Crippen molar-refractivity contribution >= 4 is 17.9 Å². The Morgan fingerprint density at radius 2 is 2.08 bits per heavy atom. The highest BCUT2D eigenvalue weighted by atomic mass is 32.2. The Balaban J connectivity index is 1.73. The van der Waals surface area contributed by atoms with Crippen LogP contribution in [0.2, 0.25) is 0 Å². The van der Waals surface area contributed by atoms with Crippen LogP contribution in [-0.2, 0) is 11.3 Å². The minimum atomic E-state index is -0.232. The summed E-state index contributed by atoms with van der Waals surface area (Å²) in [6, 6.07) is 13.9. The van der Waals surface area contributed by atoms with E-state index in [4.69, 9.17) is 4.74 Å². The van der Waals surface area contributed by atoms with Crippen molar-refractivity contribution in [1.82, 2.24) is 9.88 Å². The van der Waals surface area contributed by atoms with E-state index in [1.165, 1.54) is 0 Å². The van der Waals surface area contributed by atoms with Crippen LogP contribution in [-0.4, -0.2) is 28.3 Å². The van der Waals surface area contributed by atoms with Gasteiger partial charge in [-0.05, 0) is 36.6 Å². The van der Waals surface area contributed by atoms with Gasteiger partial charge in [0.1, 0.15) is 11.6 Å². The largest absolute Gasteiger partial charge is 0.445 e. The molecule has 0 spiro atoms. The molecule has 1 fully saturated rings. The van der Waals surface area contributed by atoms with E-state index in [1.807, 2.05) is 47.5 Å². The van der Waals surface area contributed by atoms with Crippen LogP contribution < -0.4 is 0 Å². The van der Waals surface area contributed by atoms with E-state index >= 15 is 0 Å². The number of hydrogen-bond donors (Lipinski definition) is 0. The highest BCUT2D eigenvalue weighted by molar-refractivity contribution is 7.99. The normalized spacial score (nSPS) is 17.3. The average Bonchev–Trinajstić information content (AvgIpc) is 2.68. The lowest BCUT2D eigenvalue weighted by Crippen LogP contribution is -2.39. The molecule has 25 heavy (non-hydrogen) atoms. The Labute approximate surface area is 153 Å². The summed E-state index contributed by atoms with van der Waals surface area (Å²) in [5.41, 5.74) is 2.15. The van der Waals surface area contributed by atoms with E-state index in [0.29, 0.717) is 6.61 Å². The first-order valence-electron chi connectivity index (χ1n) is 8.84. The standard InChI is InChI=1S/C20H24N2O2S/c1-2-25-19-17(11-8-13-21-19)18-12-6-7-14-22(18)20(23)24-15-16-9-4-3-5-10-16/h3-5,8-11,13,18H,2,6-7,12,14-15H2,1H3. The van der Waals surface area contributed by atoms with Gasteiger partial charge in [-0.25, -0.2) is 9.78 Å². The smallest absolute Gasteiger partial charge is 0.410 e. The fraction of sp³-hybridized carbons (Fsp3) is 0.400. The molecule has 0 radical (unpaired) electrons. The van der Waals surface area contributed by atoms with E-state index in [1.54, 1.807) is 11.8 Å². The van der Waals surface area contributed by atoms with Gasteiger partial charge in [0, 0.05) is 18.3 Å². The number of nitrogens with zero attached hydrogens (tertiary/aromatic N) is 2. The summed E-state index contributed by atoms with van der Waals surface area (Å²) in [6.07, 6.45) is 4.70. The molecule has 1 atom stereocenters. The van der Waals surface area contributed by atoms with Gasteiger partial charge in [-0.15, -0.1) is 11.8 Å². The lowest BCUT2D eigenvalue weighted by Gasteiger charge is -2.35. The quantitative estimate of drug-likeness (QED) is 0.703. The maximum absolute atomic E-state index is 12.7. The molecular weight excluding hydrogens is 332 g/mol. The van der Waals surface area contributed by atoms with Gasteiger partial charge in [0.2, 0.25) is 0 Å². The van der Waals surface area contributed by atoms with E-state index in [-0.39, 0.29) is 12.1 Å². The third kappa shape index (κ3) is 4.54. The van der Waals surface area contributed by atoms with Gasteiger partial charge >= 0.3 is 6.09 Å². The van der Waals surface area contributed by atoms with Crippen LogP contribution in [0.15, 0.2) is 53.7 Å². The second kappa shape index (κ2) is 8.90. The van der Waals surface area contributed by atoms with Gasteiger partial charge in [0.15, 0.2) is 0 Å². The maximum atomic E-state index is 12.7. The monoisotopic (exact) mass is 356 g/mol. The Morgan fingerprint density at radius 3 is 2.88 bits per heavy atom. The number of hydrogen-bond acceptors (Lipinski definition) is 4. The lowest BCUT2D eigenvalue weighted by atomic mass is 9.97. The molecule has 0 saturated carbocycles. The molecule has 1 amide bonds. The highest BCUT2D eigenvalue weighted by Crippen LogP contribution is 2.35. The van der Waals surface area contributed by atoms with Gasteiger partial charge in [-0.3, -0.25) is 0 Å². The number of likely N-dealkylation sites (tertiary alicyclic amines) is 1. The average molecular weight is 356 g/mol. The molecule has 132 valence electrons. The summed E-state index contributed by atoms with van der Waals surface area (Å²) in [5, 5.41) is 1.03. The van der Waals surface area contributed by atoms with Crippen LogP contribution in [0, 0.1) is 0 Å². The minimum Gasteiger partial charge on any atom is -0.445 e. The summed E-state index contributed by atoms with van der Waals surface area (Å²) in [5.74, 6) is 0.967. The zero-order valence-electron chi connectivity index (χ0n) is 14.6. The molecule has 2 heterocycles. The van der Waals surface area contributed by atoms with Crippen LogP contribution >= 0.6 is 11.8 Å². The number of pyridine rings is 1. The predicted octanol–water partition coefficient (Wildman–Crippen LogP) is 5.06. The number of benzene rings is 1. The Kier molecular flexibility index (Phi) is 6.34. The molecule has 4 nitrogen and oxygen atoms in total. The lowest BCUT2D eigenvalue weighted by molar-refractivity contribution is 0.0672. The summed E-state index contributed by atoms with van der Waals surface area (Å²) in [6.45, 7) is 3.17. The first-order valence-corrected chi connectivity index (χ1v) is 9.83. The number of amides is 1. The van der Waals surface area contributed by atoms with E-state index < -0.39 is 0 Å². The summed E-state index contributed by atoms with van der Waals surface area (Å²) in [4.78, 5) is 19.1. The number of thioether (sulfide) groups is 1. The summed E-state index contributed by atoms with van der Waals surface area (Å²) in [7, 11) is 0. The van der Waals surface area contributed by atoms with Crippen molar-refractivity contribution in [2.45, 2.75) is 43.9 Å². The van der Waals surface area contributed by atoms with E-state index in [2.05, 4.69) is 18.0 Å². The fourth-order valence-corrected chi connectivity index (χ4v) is 3.97. The zero-order chi connectivity index (χ0) is 17.5. The number of rotatable bonds is 5. The van der Waals surface area contributed by atoms with Crippen molar-refractivity contribution in [3.8, 4) is 0 Å². The first kappa shape index (κ1) is 17.8. The third-order valence-electron chi connectivity index (χ3n) is 4.38. The molecule has 0 bridgehead atoms. The molecule has 1 unspecified atom stereocenters.